The van der Waals surface area contributed by atoms with Crippen LogP contribution in [0.15, 0.2) is 53.7 Å². The fourth-order valence-electron chi connectivity index (χ4n) is 5.41. The number of carbonyl (C=O) groups excluding carboxylic acids is 3. The van der Waals surface area contributed by atoms with Gasteiger partial charge < -0.3 is 15.0 Å². The Labute approximate surface area is 229 Å². The maximum atomic E-state index is 13.4. The van der Waals surface area contributed by atoms with Gasteiger partial charge in [-0.2, -0.15) is 0 Å². The molecule has 1 saturated heterocycles. The zero-order valence-electron chi connectivity index (χ0n) is 23.3. The van der Waals surface area contributed by atoms with Gasteiger partial charge in [0.25, 0.3) is 5.91 Å². The molecule has 1 N–H and O–H groups in total. The summed E-state index contributed by atoms with van der Waals surface area (Å²) in [6, 6.07) is 10.6. The van der Waals surface area contributed by atoms with Gasteiger partial charge in [0.1, 0.15) is 5.82 Å². The van der Waals surface area contributed by atoms with E-state index in [9.17, 15) is 18.8 Å². The van der Waals surface area contributed by atoms with Gasteiger partial charge in [-0.15, -0.1) is 0 Å². The highest BCUT2D eigenvalue weighted by Crippen LogP contribution is 2.34. The average Bonchev–Trinajstić information content (AvgIpc) is 2.90. The van der Waals surface area contributed by atoms with E-state index in [1.165, 1.54) is 24.3 Å². The van der Waals surface area contributed by atoms with E-state index in [2.05, 4.69) is 10.2 Å². The molecule has 2 aliphatic heterocycles. The summed E-state index contributed by atoms with van der Waals surface area (Å²) in [5.74, 6) is -0.975. The largest absolute Gasteiger partial charge is 0.463 e. The van der Waals surface area contributed by atoms with Crippen molar-refractivity contribution in [3.8, 4) is 0 Å². The van der Waals surface area contributed by atoms with Crippen LogP contribution in [-0.2, 0) is 9.53 Å². The van der Waals surface area contributed by atoms with E-state index in [0.717, 1.165) is 16.7 Å². The molecule has 0 aliphatic carbocycles. The number of hydrogen-bond donors (Lipinski definition) is 1. The summed E-state index contributed by atoms with van der Waals surface area (Å²) in [6.45, 7) is 12.1. The summed E-state index contributed by atoms with van der Waals surface area (Å²) in [6.07, 6.45) is 0. The number of rotatable bonds is 7. The molecular formula is C30H37FN4O4. The molecule has 0 radical (unpaired) electrons. The number of halogens is 1. The van der Waals surface area contributed by atoms with E-state index in [-0.39, 0.29) is 30.4 Å². The molecule has 2 aromatic carbocycles. The Kier molecular flexibility index (Phi) is 8.70. The summed E-state index contributed by atoms with van der Waals surface area (Å²) in [7, 11) is 0. The first kappa shape index (κ1) is 28.3. The molecule has 0 saturated carbocycles. The van der Waals surface area contributed by atoms with Crippen LogP contribution < -0.4 is 5.32 Å². The van der Waals surface area contributed by atoms with E-state index in [1.54, 1.807) is 16.7 Å². The smallest absolute Gasteiger partial charge is 0.338 e. The lowest BCUT2D eigenvalue weighted by atomic mass is 9.90. The molecule has 1 fully saturated rings. The molecule has 0 spiro atoms. The molecule has 2 aromatic rings. The molecule has 208 valence electrons. The van der Waals surface area contributed by atoms with Gasteiger partial charge in [-0.05, 0) is 70.0 Å². The minimum Gasteiger partial charge on any atom is -0.463 e. The number of piperazine rings is 1. The number of esters is 1. The minimum absolute atomic E-state index is 0.120. The Morgan fingerprint density at radius 2 is 1.79 bits per heavy atom. The predicted molar refractivity (Wildman–Crippen MR) is 147 cm³/mol. The molecule has 0 aromatic heterocycles. The summed E-state index contributed by atoms with van der Waals surface area (Å²) in [5.41, 5.74) is 4.37. The number of aryl methyl sites for hydroxylation is 2. The van der Waals surface area contributed by atoms with Crippen molar-refractivity contribution in [1.29, 1.82) is 0 Å². The zero-order chi connectivity index (χ0) is 28.3. The van der Waals surface area contributed by atoms with E-state index < -0.39 is 12.0 Å². The molecule has 4 rings (SSSR count). The van der Waals surface area contributed by atoms with Crippen LogP contribution in [0.2, 0.25) is 0 Å². The van der Waals surface area contributed by atoms with Crippen molar-refractivity contribution in [2.45, 2.75) is 46.7 Å². The summed E-state index contributed by atoms with van der Waals surface area (Å²) in [4.78, 5) is 45.4. The normalized spacial score (nSPS) is 20.2. The Bertz CT molecular complexity index is 1280. The highest BCUT2D eigenvalue weighted by Gasteiger charge is 2.39. The first-order valence-electron chi connectivity index (χ1n) is 13.5. The van der Waals surface area contributed by atoms with Crippen LogP contribution in [0.5, 0.6) is 0 Å². The SMILES string of the molecule is CCOC(=O)C1=C(CN2CCN(C(=O)c3ccc(F)cc3)C(C)C2)N(CC)C(=O)NC1c1cc(C)ccc1C. The lowest BCUT2D eigenvalue weighted by Crippen LogP contribution is -2.56. The minimum atomic E-state index is -0.631. The zero-order valence-corrected chi connectivity index (χ0v) is 23.3. The molecular weight excluding hydrogens is 499 g/mol. The van der Waals surface area contributed by atoms with Crippen molar-refractivity contribution in [2.24, 2.45) is 0 Å². The number of likely N-dealkylation sites (N-methyl/N-ethyl adjacent to an activating group) is 1. The molecule has 39 heavy (non-hydrogen) atoms. The number of hydrogen-bond acceptors (Lipinski definition) is 5. The first-order chi connectivity index (χ1) is 18.6. The quantitative estimate of drug-likeness (QED) is 0.537. The third-order valence-corrected chi connectivity index (χ3v) is 7.43. The number of ether oxygens (including phenoxy) is 1. The van der Waals surface area contributed by atoms with Crippen molar-refractivity contribution >= 4 is 17.9 Å². The van der Waals surface area contributed by atoms with Gasteiger partial charge >= 0.3 is 12.0 Å². The number of amides is 3. The van der Waals surface area contributed by atoms with Gasteiger partial charge in [-0.25, -0.2) is 14.0 Å². The highest BCUT2D eigenvalue weighted by molar-refractivity contribution is 5.96. The second-order valence-corrected chi connectivity index (χ2v) is 10.2. The Morgan fingerprint density at radius 3 is 2.44 bits per heavy atom. The van der Waals surface area contributed by atoms with Gasteiger partial charge in [0.05, 0.1) is 18.2 Å². The van der Waals surface area contributed by atoms with Crippen LogP contribution >= 0.6 is 0 Å². The maximum absolute atomic E-state index is 13.4. The predicted octanol–water partition coefficient (Wildman–Crippen LogP) is 4.19. The van der Waals surface area contributed by atoms with Gasteiger partial charge in [0.15, 0.2) is 0 Å². The third kappa shape index (κ3) is 5.98. The molecule has 3 amide bonds. The van der Waals surface area contributed by atoms with Gasteiger partial charge in [-0.1, -0.05) is 23.8 Å². The standard InChI is InChI=1S/C30H37FN4O4/c1-6-34-25(18-33-14-15-35(21(5)17-33)28(36)22-10-12-23(31)13-11-22)26(29(37)39-7-2)27(32-30(34)38)24-16-19(3)8-9-20(24)4/h8-13,16,21,27H,6-7,14-15,17-18H2,1-5H3,(H,32,38). The van der Waals surface area contributed by atoms with Gasteiger partial charge in [0.2, 0.25) is 0 Å². The van der Waals surface area contributed by atoms with Crippen LogP contribution in [0.3, 0.4) is 0 Å². The van der Waals surface area contributed by atoms with Crippen LogP contribution in [-0.4, -0.2) is 78.0 Å². The number of urea groups is 1. The van der Waals surface area contributed by atoms with Crippen molar-refractivity contribution in [1.82, 2.24) is 20.0 Å². The van der Waals surface area contributed by atoms with Crippen molar-refractivity contribution in [3.63, 3.8) is 0 Å². The van der Waals surface area contributed by atoms with E-state index in [1.807, 2.05) is 45.9 Å². The Morgan fingerprint density at radius 1 is 1.08 bits per heavy atom. The second kappa shape index (κ2) is 12.0. The molecule has 2 unspecified atom stereocenters. The molecule has 0 bridgehead atoms. The van der Waals surface area contributed by atoms with Gasteiger partial charge in [-0.3, -0.25) is 14.6 Å². The lowest BCUT2D eigenvalue weighted by molar-refractivity contribution is -0.139. The monoisotopic (exact) mass is 536 g/mol. The van der Waals surface area contributed by atoms with E-state index in [4.69, 9.17) is 4.74 Å². The van der Waals surface area contributed by atoms with Gasteiger partial charge in [0, 0.05) is 50.0 Å². The lowest BCUT2D eigenvalue weighted by Gasteiger charge is -2.43. The topological polar surface area (TPSA) is 82.2 Å². The summed E-state index contributed by atoms with van der Waals surface area (Å²) >= 11 is 0. The Hall–Kier alpha value is -3.72. The maximum Gasteiger partial charge on any atom is 0.338 e. The van der Waals surface area contributed by atoms with Crippen LogP contribution in [0.1, 0.15) is 53.9 Å². The molecule has 2 atom stereocenters. The van der Waals surface area contributed by atoms with Crippen molar-refractivity contribution in [2.75, 3.05) is 39.3 Å². The summed E-state index contributed by atoms with van der Waals surface area (Å²) < 4.78 is 18.8. The van der Waals surface area contributed by atoms with Crippen molar-refractivity contribution in [3.05, 3.63) is 81.8 Å². The number of benzene rings is 2. The van der Waals surface area contributed by atoms with E-state index >= 15 is 0 Å². The number of nitrogens with zero attached hydrogens (tertiary/aromatic N) is 3. The van der Waals surface area contributed by atoms with Crippen LogP contribution in [0.4, 0.5) is 9.18 Å². The average molecular weight is 537 g/mol. The van der Waals surface area contributed by atoms with Crippen LogP contribution in [0.25, 0.3) is 0 Å². The van der Waals surface area contributed by atoms with Crippen molar-refractivity contribution < 1.29 is 23.5 Å². The second-order valence-electron chi connectivity index (χ2n) is 10.2. The number of carbonyl (C=O) groups is 3. The fraction of sp³-hybridized carbons (Fsp3) is 0.433. The molecule has 2 heterocycles. The number of nitrogens with one attached hydrogen (secondary N) is 1. The van der Waals surface area contributed by atoms with E-state index in [0.29, 0.717) is 49.6 Å². The molecule has 2 aliphatic rings. The fourth-order valence-corrected chi connectivity index (χ4v) is 5.41. The Balaban J connectivity index is 1.65. The third-order valence-electron chi connectivity index (χ3n) is 7.43. The summed E-state index contributed by atoms with van der Waals surface area (Å²) in [5, 5.41) is 3.04. The molecule has 8 nitrogen and oxygen atoms in total. The molecule has 9 heteroatoms. The van der Waals surface area contributed by atoms with Crippen LogP contribution in [0, 0.1) is 19.7 Å². The first-order valence-corrected chi connectivity index (χ1v) is 13.5. The highest BCUT2D eigenvalue weighted by atomic mass is 19.1.